The molecule has 24 heavy (non-hydrogen) atoms. The van der Waals surface area contributed by atoms with Crippen LogP contribution in [0.2, 0.25) is 0 Å². The number of rotatable bonds is 4. The fraction of sp³-hybridized carbons (Fsp3) is 0.235. The van der Waals surface area contributed by atoms with E-state index in [1.54, 1.807) is 35.8 Å². The zero-order chi connectivity index (χ0) is 17.2. The van der Waals surface area contributed by atoms with Gasteiger partial charge in [0.25, 0.3) is 10.0 Å². The van der Waals surface area contributed by atoms with Crippen molar-refractivity contribution in [2.24, 2.45) is 5.92 Å². The number of carbonyl (C=O) groups excluding carboxylic acids is 1. The summed E-state index contributed by atoms with van der Waals surface area (Å²) in [5, 5.41) is 8.78. The molecule has 3 rings (SSSR count). The number of carbonyl (C=O) groups is 1. The minimum atomic E-state index is -3.64. The average Bonchev–Trinajstić information content (AvgIpc) is 2.61. The lowest BCUT2D eigenvalue weighted by molar-refractivity contribution is -0.133. The Bertz CT molecular complexity index is 850. The predicted octanol–water partition coefficient (Wildman–Crippen LogP) is 2.10. The van der Waals surface area contributed by atoms with Gasteiger partial charge in [-0.2, -0.15) is 0 Å². The normalized spacial score (nSPS) is 17.0. The van der Waals surface area contributed by atoms with Gasteiger partial charge in [-0.3, -0.25) is 14.7 Å². The van der Waals surface area contributed by atoms with Crippen LogP contribution in [0.1, 0.15) is 17.5 Å². The van der Waals surface area contributed by atoms with Gasteiger partial charge in [0.15, 0.2) is 0 Å². The molecule has 0 spiro atoms. The third-order valence-electron chi connectivity index (χ3n) is 4.22. The second-order valence-corrected chi connectivity index (χ2v) is 7.50. The second kappa shape index (κ2) is 6.62. The molecule has 0 fully saturated rings. The summed E-state index contributed by atoms with van der Waals surface area (Å²) in [6.45, 7) is 0. The largest absolute Gasteiger partial charge is 0.289 e. The van der Waals surface area contributed by atoms with Crippen LogP contribution in [0.5, 0.6) is 0 Å². The van der Waals surface area contributed by atoms with Gasteiger partial charge in [-0.25, -0.2) is 13.9 Å². The highest BCUT2D eigenvalue weighted by atomic mass is 32.2. The number of hydrogen-bond acceptors (Lipinski definition) is 4. The molecule has 126 valence electrons. The first kappa shape index (κ1) is 16.5. The summed E-state index contributed by atoms with van der Waals surface area (Å²) in [6.07, 6.45) is 1.86. The Morgan fingerprint density at radius 1 is 1.08 bits per heavy atom. The van der Waals surface area contributed by atoms with Crippen LogP contribution in [0.15, 0.2) is 53.4 Å². The molecule has 6 nitrogen and oxygen atoms in total. The van der Waals surface area contributed by atoms with Crippen molar-refractivity contribution in [3.63, 3.8) is 0 Å². The molecule has 0 radical (unpaired) electrons. The van der Waals surface area contributed by atoms with Crippen LogP contribution in [0.25, 0.3) is 0 Å². The van der Waals surface area contributed by atoms with Crippen molar-refractivity contribution >= 4 is 21.6 Å². The highest BCUT2D eigenvalue weighted by molar-refractivity contribution is 7.92. The summed E-state index contributed by atoms with van der Waals surface area (Å²) in [6, 6.07) is 13.5. The topological polar surface area (TPSA) is 95.5 Å². The maximum atomic E-state index is 12.4. The number of anilines is 1. The van der Waals surface area contributed by atoms with E-state index in [2.05, 4.69) is 4.72 Å². The van der Waals surface area contributed by atoms with E-state index in [-0.39, 0.29) is 10.8 Å². The molecule has 1 unspecified atom stereocenters. The SMILES string of the molecule is O=C(NO)C1CCc2ccc(NS(=O)(=O)c3ccccc3)cc2C1. The van der Waals surface area contributed by atoms with Gasteiger partial charge in [0.1, 0.15) is 0 Å². The van der Waals surface area contributed by atoms with E-state index in [4.69, 9.17) is 5.21 Å². The second-order valence-electron chi connectivity index (χ2n) is 5.82. The number of benzene rings is 2. The zero-order valence-corrected chi connectivity index (χ0v) is 13.7. The summed E-state index contributed by atoms with van der Waals surface area (Å²) >= 11 is 0. The van der Waals surface area contributed by atoms with Crippen molar-refractivity contribution in [3.05, 3.63) is 59.7 Å². The van der Waals surface area contributed by atoms with Crippen LogP contribution in [0, 0.1) is 5.92 Å². The van der Waals surface area contributed by atoms with Gasteiger partial charge in [-0.05, 0) is 54.7 Å². The monoisotopic (exact) mass is 346 g/mol. The molecule has 2 aromatic carbocycles. The molecule has 1 aliphatic rings. The van der Waals surface area contributed by atoms with E-state index < -0.39 is 15.9 Å². The van der Waals surface area contributed by atoms with Gasteiger partial charge in [-0.1, -0.05) is 24.3 Å². The molecule has 1 atom stereocenters. The van der Waals surface area contributed by atoms with Crippen molar-refractivity contribution in [2.45, 2.75) is 24.2 Å². The highest BCUT2D eigenvalue weighted by Crippen LogP contribution is 2.28. The summed E-state index contributed by atoms with van der Waals surface area (Å²) < 4.78 is 27.3. The van der Waals surface area contributed by atoms with Crippen molar-refractivity contribution in [2.75, 3.05) is 4.72 Å². The fourth-order valence-corrected chi connectivity index (χ4v) is 4.02. The summed E-state index contributed by atoms with van der Waals surface area (Å²) in [4.78, 5) is 11.8. The number of hydroxylamine groups is 1. The highest BCUT2D eigenvalue weighted by Gasteiger charge is 2.25. The van der Waals surface area contributed by atoms with Crippen LogP contribution in [-0.4, -0.2) is 19.5 Å². The Balaban J connectivity index is 1.83. The summed E-state index contributed by atoms with van der Waals surface area (Å²) in [7, 11) is -3.64. The molecular formula is C17H18N2O4S. The van der Waals surface area contributed by atoms with Crippen molar-refractivity contribution in [1.29, 1.82) is 0 Å². The van der Waals surface area contributed by atoms with E-state index in [0.717, 1.165) is 17.5 Å². The molecular weight excluding hydrogens is 328 g/mol. The third-order valence-corrected chi connectivity index (χ3v) is 5.62. The van der Waals surface area contributed by atoms with Crippen molar-refractivity contribution < 1.29 is 18.4 Å². The first-order chi connectivity index (χ1) is 11.5. The predicted molar refractivity (Wildman–Crippen MR) is 89.1 cm³/mol. The van der Waals surface area contributed by atoms with Crippen LogP contribution in [0.3, 0.4) is 0 Å². The van der Waals surface area contributed by atoms with Gasteiger partial charge < -0.3 is 0 Å². The lowest BCUT2D eigenvalue weighted by Gasteiger charge is -2.23. The van der Waals surface area contributed by atoms with Gasteiger partial charge in [-0.15, -0.1) is 0 Å². The Morgan fingerprint density at radius 3 is 2.54 bits per heavy atom. The molecule has 0 heterocycles. The average molecular weight is 346 g/mol. The van der Waals surface area contributed by atoms with Crippen LogP contribution < -0.4 is 10.2 Å². The lowest BCUT2D eigenvalue weighted by atomic mass is 9.83. The smallest absolute Gasteiger partial charge is 0.261 e. The first-order valence-electron chi connectivity index (χ1n) is 7.63. The number of sulfonamides is 1. The maximum Gasteiger partial charge on any atom is 0.261 e. The van der Waals surface area contributed by atoms with E-state index in [1.165, 1.54) is 12.1 Å². The van der Waals surface area contributed by atoms with Gasteiger partial charge >= 0.3 is 0 Å². The van der Waals surface area contributed by atoms with Gasteiger partial charge in [0.05, 0.1) is 4.90 Å². The molecule has 1 amide bonds. The minimum Gasteiger partial charge on any atom is -0.289 e. The number of aryl methyl sites for hydroxylation is 1. The van der Waals surface area contributed by atoms with Gasteiger partial charge in [0.2, 0.25) is 5.91 Å². The van der Waals surface area contributed by atoms with Crippen LogP contribution >= 0.6 is 0 Å². The Kier molecular flexibility index (Phi) is 4.55. The third kappa shape index (κ3) is 3.42. The first-order valence-corrected chi connectivity index (χ1v) is 9.11. The van der Waals surface area contributed by atoms with Crippen LogP contribution in [-0.2, 0) is 27.7 Å². The molecule has 3 N–H and O–H groups in total. The zero-order valence-electron chi connectivity index (χ0n) is 12.9. The number of nitrogens with one attached hydrogen (secondary N) is 2. The van der Waals surface area contributed by atoms with Crippen molar-refractivity contribution in [1.82, 2.24) is 5.48 Å². The number of fused-ring (bicyclic) bond motifs is 1. The number of amides is 1. The van der Waals surface area contributed by atoms with E-state index >= 15 is 0 Å². The molecule has 0 aromatic heterocycles. The van der Waals surface area contributed by atoms with E-state index in [0.29, 0.717) is 18.5 Å². The van der Waals surface area contributed by atoms with Crippen molar-refractivity contribution in [3.8, 4) is 0 Å². The van der Waals surface area contributed by atoms with Crippen LogP contribution in [0.4, 0.5) is 5.69 Å². The summed E-state index contributed by atoms with van der Waals surface area (Å²) in [5.74, 6) is -0.709. The fourth-order valence-electron chi connectivity index (χ4n) is 2.95. The maximum absolute atomic E-state index is 12.4. The standard InChI is InChI=1S/C17H18N2O4S/c20-17(18-21)13-7-6-12-8-9-15(11-14(12)10-13)19-24(22,23)16-4-2-1-3-5-16/h1-5,8-9,11,13,19,21H,6-7,10H2,(H,18,20). The Morgan fingerprint density at radius 2 is 1.83 bits per heavy atom. The number of hydrogen-bond donors (Lipinski definition) is 3. The van der Waals surface area contributed by atoms with E-state index in [1.807, 2.05) is 6.07 Å². The Labute approximate surface area is 140 Å². The molecule has 0 saturated carbocycles. The Hall–Kier alpha value is -2.38. The molecule has 1 aliphatic carbocycles. The molecule has 0 bridgehead atoms. The lowest BCUT2D eigenvalue weighted by Crippen LogP contribution is -2.31. The molecule has 0 saturated heterocycles. The quantitative estimate of drug-likeness (QED) is 0.583. The molecule has 0 aliphatic heterocycles. The molecule has 7 heteroatoms. The molecule has 2 aromatic rings. The summed E-state index contributed by atoms with van der Waals surface area (Å²) in [5.41, 5.74) is 4.17. The minimum absolute atomic E-state index is 0.195. The van der Waals surface area contributed by atoms with E-state index in [9.17, 15) is 13.2 Å². The van der Waals surface area contributed by atoms with Gasteiger partial charge in [0, 0.05) is 11.6 Å².